The van der Waals surface area contributed by atoms with Crippen LogP contribution in [0.3, 0.4) is 0 Å². The van der Waals surface area contributed by atoms with Crippen LogP contribution in [-0.4, -0.2) is 31.6 Å². The zero-order chi connectivity index (χ0) is 7.56. The Morgan fingerprint density at radius 3 is 2.70 bits per heavy atom. The van der Waals surface area contributed by atoms with Crippen LogP contribution in [0.5, 0.6) is 0 Å². The number of carbonyl (C=O) groups is 2. The number of hydrogen-bond donors (Lipinski definition) is 3. The lowest BCUT2D eigenvalue weighted by molar-refractivity contribution is -0.120. The number of carbonyl (C=O) groups excluding carboxylic acids is 2. The summed E-state index contributed by atoms with van der Waals surface area (Å²) in [6.45, 7) is 0.470. The van der Waals surface area contributed by atoms with Gasteiger partial charge in [0.1, 0.15) is 6.04 Å². The summed E-state index contributed by atoms with van der Waals surface area (Å²) < 4.78 is 0. The van der Waals surface area contributed by atoms with E-state index in [1.165, 1.54) is 0 Å². The fourth-order valence-electron chi connectivity index (χ4n) is 0.807. The quantitative estimate of drug-likeness (QED) is 0.408. The Hall–Kier alpha value is -1.10. The van der Waals surface area contributed by atoms with Crippen molar-refractivity contribution in [2.45, 2.75) is 6.04 Å². The summed E-state index contributed by atoms with van der Waals surface area (Å²) in [4.78, 5) is 21.2. The first kappa shape index (κ1) is 7.01. The first-order chi connectivity index (χ1) is 4.74. The molecule has 0 aromatic carbocycles. The maximum Gasteiger partial charge on any atom is 0.322 e. The van der Waals surface area contributed by atoms with Crippen molar-refractivity contribution in [2.75, 3.05) is 13.6 Å². The van der Waals surface area contributed by atoms with Crippen molar-refractivity contribution >= 4 is 11.9 Å². The van der Waals surface area contributed by atoms with E-state index in [1.54, 1.807) is 7.05 Å². The monoisotopic (exact) mass is 143 g/mol. The molecular formula is C5H9N3O2. The maximum absolute atomic E-state index is 10.7. The molecule has 0 bridgehead atoms. The third kappa shape index (κ3) is 1.24. The van der Waals surface area contributed by atoms with Crippen molar-refractivity contribution in [3.63, 3.8) is 0 Å². The van der Waals surface area contributed by atoms with E-state index in [9.17, 15) is 9.59 Å². The van der Waals surface area contributed by atoms with Crippen LogP contribution >= 0.6 is 0 Å². The normalized spacial score (nSPS) is 24.3. The number of imide groups is 1. The van der Waals surface area contributed by atoms with Gasteiger partial charge in [-0.15, -0.1) is 0 Å². The smallest absolute Gasteiger partial charge is 0.322 e. The highest BCUT2D eigenvalue weighted by atomic mass is 16.2. The van der Waals surface area contributed by atoms with Gasteiger partial charge in [-0.05, 0) is 7.05 Å². The lowest BCUT2D eigenvalue weighted by atomic mass is 10.3. The first-order valence-electron chi connectivity index (χ1n) is 3.00. The van der Waals surface area contributed by atoms with E-state index < -0.39 is 12.1 Å². The van der Waals surface area contributed by atoms with Crippen molar-refractivity contribution in [2.24, 2.45) is 0 Å². The third-order valence-electron chi connectivity index (χ3n) is 1.27. The molecule has 5 nitrogen and oxygen atoms in total. The molecule has 5 heteroatoms. The van der Waals surface area contributed by atoms with Gasteiger partial charge < -0.3 is 10.6 Å². The zero-order valence-electron chi connectivity index (χ0n) is 5.60. The van der Waals surface area contributed by atoms with Gasteiger partial charge in [0.05, 0.1) is 0 Å². The molecule has 0 aromatic rings. The van der Waals surface area contributed by atoms with Crippen LogP contribution in [0, 0.1) is 0 Å². The van der Waals surface area contributed by atoms with Crippen molar-refractivity contribution in [1.82, 2.24) is 16.0 Å². The summed E-state index contributed by atoms with van der Waals surface area (Å²) in [6.07, 6.45) is 0. The van der Waals surface area contributed by atoms with Gasteiger partial charge in [0.25, 0.3) is 5.91 Å². The molecule has 0 radical (unpaired) electrons. The van der Waals surface area contributed by atoms with Crippen LogP contribution in [0.2, 0.25) is 0 Å². The Bertz CT molecular complexity index is 168. The summed E-state index contributed by atoms with van der Waals surface area (Å²) in [5.74, 6) is -0.264. The second-order valence-corrected chi connectivity index (χ2v) is 2.07. The number of nitrogens with one attached hydrogen (secondary N) is 3. The zero-order valence-corrected chi connectivity index (χ0v) is 5.60. The average Bonchev–Trinajstić information content (AvgIpc) is 2.13. The van der Waals surface area contributed by atoms with E-state index in [-0.39, 0.29) is 5.91 Å². The molecule has 1 unspecified atom stereocenters. The molecule has 0 aliphatic carbocycles. The average molecular weight is 143 g/mol. The molecule has 56 valence electrons. The standard InChI is InChI=1S/C5H9N3O2/c1-6-2-3-4(9)8-5(10)7-3/h3,6H,2H2,1H3,(H2,7,8,9,10). The summed E-state index contributed by atoms with van der Waals surface area (Å²) in [6, 6.07) is -0.817. The summed E-state index contributed by atoms with van der Waals surface area (Å²) in [5.41, 5.74) is 0. The van der Waals surface area contributed by atoms with Gasteiger partial charge in [0.2, 0.25) is 0 Å². The molecule has 1 fully saturated rings. The minimum atomic E-state index is -0.412. The topological polar surface area (TPSA) is 70.2 Å². The van der Waals surface area contributed by atoms with E-state index >= 15 is 0 Å². The Morgan fingerprint density at radius 2 is 2.30 bits per heavy atom. The van der Waals surface area contributed by atoms with E-state index in [0.717, 1.165) is 0 Å². The number of amides is 3. The van der Waals surface area contributed by atoms with Crippen molar-refractivity contribution < 1.29 is 9.59 Å². The highest BCUT2D eigenvalue weighted by Gasteiger charge is 2.28. The van der Waals surface area contributed by atoms with Crippen LogP contribution in [-0.2, 0) is 4.79 Å². The van der Waals surface area contributed by atoms with Gasteiger partial charge in [-0.25, -0.2) is 4.79 Å². The van der Waals surface area contributed by atoms with Crippen LogP contribution in [0.15, 0.2) is 0 Å². The van der Waals surface area contributed by atoms with Crippen molar-refractivity contribution in [3.8, 4) is 0 Å². The molecule has 1 heterocycles. The molecule has 0 spiro atoms. The van der Waals surface area contributed by atoms with E-state index in [4.69, 9.17) is 0 Å². The number of rotatable bonds is 2. The molecule has 1 saturated heterocycles. The highest BCUT2D eigenvalue weighted by Crippen LogP contribution is 1.89. The van der Waals surface area contributed by atoms with Gasteiger partial charge in [0.15, 0.2) is 0 Å². The molecule has 1 atom stereocenters. The molecule has 3 N–H and O–H groups in total. The fraction of sp³-hybridized carbons (Fsp3) is 0.600. The Balaban J connectivity index is 2.46. The predicted octanol–water partition coefficient (Wildman–Crippen LogP) is -1.59. The summed E-state index contributed by atoms with van der Waals surface area (Å²) in [7, 11) is 1.72. The maximum atomic E-state index is 10.7. The summed E-state index contributed by atoms with van der Waals surface area (Å²) >= 11 is 0. The van der Waals surface area contributed by atoms with Crippen LogP contribution < -0.4 is 16.0 Å². The summed E-state index contributed by atoms with van der Waals surface area (Å²) in [5, 5.41) is 7.35. The molecule has 1 aliphatic rings. The Morgan fingerprint density at radius 1 is 1.60 bits per heavy atom. The molecule has 1 rings (SSSR count). The van der Waals surface area contributed by atoms with Crippen molar-refractivity contribution in [3.05, 3.63) is 0 Å². The second-order valence-electron chi connectivity index (χ2n) is 2.07. The van der Waals surface area contributed by atoms with Gasteiger partial charge in [-0.1, -0.05) is 0 Å². The number of likely N-dealkylation sites (N-methyl/N-ethyl adjacent to an activating group) is 1. The number of hydrogen-bond acceptors (Lipinski definition) is 3. The molecule has 0 aromatic heterocycles. The Kier molecular flexibility index (Phi) is 1.86. The Labute approximate surface area is 58.2 Å². The van der Waals surface area contributed by atoms with Gasteiger partial charge in [0, 0.05) is 6.54 Å². The minimum Gasteiger partial charge on any atom is -0.325 e. The molecule has 0 saturated carbocycles. The van der Waals surface area contributed by atoms with E-state index in [0.29, 0.717) is 6.54 Å². The SMILES string of the molecule is CNCC1NC(=O)NC1=O. The van der Waals surface area contributed by atoms with Crippen LogP contribution in [0.1, 0.15) is 0 Å². The fourth-order valence-corrected chi connectivity index (χ4v) is 0.807. The van der Waals surface area contributed by atoms with Crippen LogP contribution in [0.25, 0.3) is 0 Å². The predicted molar refractivity (Wildman–Crippen MR) is 34.4 cm³/mol. The minimum absolute atomic E-state index is 0.264. The lowest BCUT2D eigenvalue weighted by Crippen LogP contribution is -2.37. The largest absolute Gasteiger partial charge is 0.325 e. The second kappa shape index (κ2) is 2.66. The van der Waals surface area contributed by atoms with Crippen molar-refractivity contribution in [1.29, 1.82) is 0 Å². The first-order valence-corrected chi connectivity index (χ1v) is 3.00. The van der Waals surface area contributed by atoms with Crippen LogP contribution in [0.4, 0.5) is 4.79 Å². The molecular weight excluding hydrogens is 134 g/mol. The number of urea groups is 1. The lowest BCUT2D eigenvalue weighted by Gasteiger charge is -2.03. The molecule has 10 heavy (non-hydrogen) atoms. The van der Waals surface area contributed by atoms with Gasteiger partial charge >= 0.3 is 6.03 Å². The van der Waals surface area contributed by atoms with Gasteiger partial charge in [-0.2, -0.15) is 0 Å². The molecule has 1 aliphatic heterocycles. The van der Waals surface area contributed by atoms with E-state index in [1.807, 2.05) is 0 Å². The third-order valence-corrected chi connectivity index (χ3v) is 1.27. The van der Waals surface area contributed by atoms with Gasteiger partial charge in [-0.3, -0.25) is 10.1 Å². The highest BCUT2D eigenvalue weighted by molar-refractivity contribution is 6.04. The molecule has 3 amide bonds. The van der Waals surface area contributed by atoms with E-state index in [2.05, 4.69) is 16.0 Å².